The Bertz CT molecular complexity index is 675. The summed E-state index contributed by atoms with van der Waals surface area (Å²) in [6, 6.07) is 7.70. The van der Waals surface area contributed by atoms with E-state index >= 15 is 0 Å². The molecule has 2 rings (SSSR count). The summed E-state index contributed by atoms with van der Waals surface area (Å²) >= 11 is 0. The molecule has 0 spiro atoms. The third-order valence-electron chi connectivity index (χ3n) is 3.44. The molecule has 1 atom stereocenters. The van der Waals surface area contributed by atoms with Gasteiger partial charge in [0.1, 0.15) is 18.5 Å². The normalized spacial score (nSPS) is 13.2. The van der Waals surface area contributed by atoms with Crippen LogP contribution in [0.25, 0.3) is 10.9 Å². The van der Waals surface area contributed by atoms with Gasteiger partial charge >= 0.3 is 0 Å². The Labute approximate surface area is 142 Å². The summed E-state index contributed by atoms with van der Waals surface area (Å²) in [5.41, 5.74) is 0.743. The van der Waals surface area contributed by atoms with Crippen molar-refractivity contribution in [3.8, 4) is 5.75 Å². The molecule has 6 heteroatoms. The Balaban J connectivity index is 1.79. The van der Waals surface area contributed by atoms with Crippen LogP contribution in [-0.2, 0) is 4.79 Å². The molecule has 132 valence electrons. The number of fused-ring (bicyclic) bond motifs is 1. The molecule has 0 aliphatic rings. The molecule has 0 bridgehead atoms. The minimum absolute atomic E-state index is 0.0600. The van der Waals surface area contributed by atoms with Crippen LogP contribution in [0.1, 0.15) is 20.8 Å². The van der Waals surface area contributed by atoms with Gasteiger partial charge in [0, 0.05) is 29.2 Å². The molecule has 6 nitrogen and oxygen atoms in total. The molecule has 1 amide bonds. The van der Waals surface area contributed by atoms with Crippen molar-refractivity contribution in [2.75, 3.05) is 26.7 Å². The van der Waals surface area contributed by atoms with Gasteiger partial charge in [-0.2, -0.15) is 0 Å². The number of nitrogens with zero attached hydrogens (tertiary/aromatic N) is 1. The molecule has 0 aliphatic heterocycles. The maximum atomic E-state index is 11.9. The van der Waals surface area contributed by atoms with Crippen molar-refractivity contribution in [1.29, 1.82) is 0 Å². The fraction of sp³-hybridized carbons (Fsp3) is 0.500. The Kier molecular flexibility index (Phi) is 5.85. The molecule has 1 aromatic carbocycles. The van der Waals surface area contributed by atoms with Crippen molar-refractivity contribution in [2.24, 2.45) is 0 Å². The molecule has 0 saturated carbocycles. The Morgan fingerprint density at radius 1 is 1.38 bits per heavy atom. The van der Waals surface area contributed by atoms with Crippen molar-refractivity contribution in [3.05, 3.63) is 30.5 Å². The van der Waals surface area contributed by atoms with E-state index in [1.807, 2.05) is 51.2 Å². The molecule has 0 aliphatic carbocycles. The number of likely N-dealkylation sites (N-methyl/N-ethyl adjacent to an activating group) is 1. The van der Waals surface area contributed by atoms with Gasteiger partial charge < -0.3 is 20.1 Å². The Morgan fingerprint density at radius 3 is 2.83 bits per heavy atom. The predicted molar refractivity (Wildman–Crippen MR) is 95.2 cm³/mol. The highest BCUT2D eigenvalue weighted by molar-refractivity contribution is 5.85. The first-order valence-electron chi connectivity index (χ1n) is 8.11. The first kappa shape index (κ1) is 18.3. The van der Waals surface area contributed by atoms with Crippen molar-refractivity contribution >= 4 is 16.8 Å². The number of carbonyl (C=O) groups excluding carboxylic acids is 1. The van der Waals surface area contributed by atoms with Crippen LogP contribution in [0.3, 0.4) is 0 Å². The van der Waals surface area contributed by atoms with E-state index in [9.17, 15) is 9.90 Å². The number of carbonyl (C=O) groups is 1. The predicted octanol–water partition coefficient (Wildman–Crippen LogP) is 1.75. The number of nitrogens with one attached hydrogen (secondary N) is 2. The molecular weight excluding hydrogens is 306 g/mol. The molecule has 0 radical (unpaired) electrons. The van der Waals surface area contributed by atoms with E-state index in [-0.39, 0.29) is 24.6 Å². The number of aromatic amines is 1. The molecule has 0 fully saturated rings. The van der Waals surface area contributed by atoms with Gasteiger partial charge in [-0.25, -0.2) is 0 Å². The molecular formula is C18H27N3O3. The smallest absolute Gasteiger partial charge is 0.234 e. The summed E-state index contributed by atoms with van der Waals surface area (Å²) in [6.45, 7) is 6.59. The number of aliphatic hydroxyl groups is 1. The number of rotatable bonds is 7. The minimum Gasteiger partial charge on any atom is -0.490 e. The number of amides is 1. The first-order chi connectivity index (χ1) is 11.2. The highest BCUT2D eigenvalue weighted by atomic mass is 16.5. The zero-order chi connectivity index (χ0) is 17.7. The van der Waals surface area contributed by atoms with Crippen LogP contribution in [0.4, 0.5) is 0 Å². The molecule has 1 heterocycles. The summed E-state index contributed by atoms with van der Waals surface area (Å²) in [7, 11) is 1.80. The van der Waals surface area contributed by atoms with E-state index in [0.717, 1.165) is 16.7 Å². The average molecular weight is 333 g/mol. The lowest BCUT2D eigenvalue weighted by Crippen LogP contribution is -2.46. The molecule has 1 aromatic heterocycles. The highest BCUT2D eigenvalue weighted by Gasteiger charge is 2.17. The van der Waals surface area contributed by atoms with Gasteiger partial charge in [-0.3, -0.25) is 9.69 Å². The van der Waals surface area contributed by atoms with E-state index < -0.39 is 6.10 Å². The zero-order valence-corrected chi connectivity index (χ0v) is 14.8. The number of aromatic nitrogens is 1. The third kappa shape index (κ3) is 5.54. The lowest BCUT2D eigenvalue weighted by Gasteiger charge is -2.24. The maximum absolute atomic E-state index is 11.9. The monoisotopic (exact) mass is 333 g/mol. The second-order valence-electron chi connectivity index (χ2n) is 7.15. The van der Waals surface area contributed by atoms with E-state index in [1.54, 1.807) is 11.9 Å². The van der Waals surface area contributed by atoms with Crippen molar-refractivity contribution in [3.63, 3.8) is 0 Å². The van der Waals surface area contributed by atoms with Gasteiger partial charge in [-0.05, 0) is 46.0 Å². The van der Waals surface area contributed by atoms with Crippen LogP contribution in [0.15, 0.2) is 30.5 Å². The van der Waals surface area contributed by atoms with Crippen LogP contribution in [0.2, 0.25) is 0 Å². The van der Waals surface area contributed by atoms with Gasteiger partial charge in [0.15, 0.2) is 0 Å². The molecule has 1 unspecified atom stereocenters. The molecule has 3 N–H and O–H groups in total. The number of aliphatic hydroxyl groups excluding tert-OH is 1. The van der Waals surface area contributed by atoms with Crippen LogP contribution in [0.5, 0.6) is 5.75 Å². The third-order valence-corrected chi connectivity index (χ3v) is 3.44. The second kappa shape index (κ2) is 7.68. The average Bonchev–Trinajstić information content (AvgIpc) is 2.91. The van der Waals surface area contributed by atoms with Gasteiger partial charge in [-0.15, -0.1) is 0 Å². The second-order valence-corrected chi connectivity index (χ2v) is 7.15. The topological polar surface area (TPSA) is 77.6 Å². The summed E-state index contributed by atoms with van der Waals surface area (Å²) < 4.78 is 5.73. The molecule has 24 heavy (non-hydrogen) atoms. The molecule has 0 saturated heterocycles. The van der Waals surface area contributed by atoms with Gasteiger partial charge in [0.2, 0.25) is 5.91 Å². The van der Waals surface area contributed by atoms with Crippen molar-refractivity contribution < 1.29 is 14.6 Å². The van der Waals surface area contributed by atoms with Crippen molar-refractivity contribution in [2.45, 2.75) is 32.4 Å². The summed E-state index contributed by atoms with van der Waals surface area (Å²) in [5.74, 6) is 0.677. The van der Waals surface area contributed by atoms with Crippen LogP contribution in [0, 0.1) is 0 Å². The van der Waals surface area contributed by atoms with Crippen LogP contribution >= 0.6 is 0 Å². The van der Waals surface area contributed by atoms with Gasteiger partial charge in [0.25, 0.3) is 0 Å². The van der Waals surface area contributed by atoms with E-state index in [1.165, 1.54) is 0 Å². The Morgan fingerprint density at radius 2 is 2.12 bits per heavy atom. The summed E-state index contributed by atoms with van der Waals surface area (Å²) in [5, 5.41) is 14.0. The number of hydrogen-bond donors (Lipinski definition) is 3. The lowest BCUT2D eigenvalue weighted by atomic mass is 10.1. The van der Waals surface area contributed by atoms with Crippen molar-refractivity contribution in [1.82, 2.24) is 15.2 Å². The summed E-state index contributed by atoms with van der Waals surface area (Å²) in [4.78, 5) is 16.8. The van der Waals surface area contributed by atoms with Gasteiger partial charge in [0.05, 0.1) is 6.54 Å². The van der Waals surface area contributed by atoms with E-state index in [4.69, 9.17) is 4.74 Å². The van der Waals surface area contributed by atoms with E-state index in [0.29, 0.717) is 6.54 Å². The standard InChI is InChI=1S/C18H27N3O3/c1-18(2,3)20-17(23)11-21(4)10-13(22)12-24-16-7-5-6-15-14(16)8-9-19-15/h5-9,13,19,22H,10-12H2,1-4H3,(H,20,23). The fourth-order valence-corrected chi connectivity index (χ4v) is 2.55. The first-order valence-corrected chi connectivity index (χ1v) is 8.11. The van der Waals surface area contributed by atoms with Crippen LogP contribution in [-0.4, -0.2) is 59.3 Å². The minimum atomic E-state index is -0.674. The van der Waals surface area contributed by atoms with Gasteiger partial charge in [-0.1, -0.05) is 6.07 Å². The number of hydrogen-bond acceptors (Lipinski definition) is 4. The number of H-pyrrole nitrogens is 1. The summed E-state index contributed by atoms with van der Waals surface area (Å²) in [6.07, 6.45) is 1.18. The lowest BCUT2D eigenvalue weighted by molar-refractivity contribution is -0.123. The zero-order valence-electron chi connectivity index (χ0n) is 14.8. The largest absolute Gasteiger partial charge is 0.490 e. The number of ether oxygens (including phenoxy) is 1. The quantitative estimate of drug-likeness (QED) is 0.721. The highest BCUT2D eigenvalue weighted by Crippen LogP contribution is 2.24. The fourth-order valence-electron chi connectivity index (χ4n) is 2.55. The van der Waals surface area contributed by atoms with E-state index in [2.05, 4.69) is 10.3 Å². The number of benzene rings is 1. The Hall–Kier alpha value is -2.05. The SMILES string of the molecule is CN(CC(=O)NC(C)(C)C)CC(O)COc1cccc2[nH]ccc12. The van der Waals surface area contributed by atoms with Crippen LogP contribution < -0.4 is 10.1 Å². The molecule has 2 aromatic rings. The maximum Gasteiger partial charge on any atom is 0.234 e.